The van der Waals surface area contributed by atoms with Crippen molar-refractivity contribution in [1.29, 1.82) is 0 Å². The van der Waals surface area contributed by atoms with Crippen LogP contribution in [0.15, 0.2) is 18.2 Å². The third-order valence-electron chi connectivity index (χ3n) is 5.36. The molecule has 0 aromatic heterocycles. The number of carbonyl (C=O) groups excluding carboxylic acids is 3. The van der Waals surface area contributed by atoms with Crippen LogP contribution in [0.4, 0.5) is 0 Å². The molecule has 26 heavy (non-hydrogen) atoms. The Kier molecular flexibility index (Phi) is 4.63. The van der Waals surface area contributed by atoms with Crippen LogP contribution in [0.1, 0.15) is 48.0 Å². The summed E-state index contributed by atoms with van der Waals surface area (Å²) in [7, 11) is 0. The van der Waals surface area contributed by atoms with Gasteiger partial charge in [-0.25, -0.2) is 0 Å². The molecule has 2 atom stereocenters. The highest BCUT2D eigenvalue weighted by atomic mass is 16.5. The minimum atomic E-state index is -0.580. The molecule has 4 rings (SSSR count). The van der Waals surface area contributed by atoms with Crippen LogP contribution in [-0.2, 0) is 16.1 Å². The molecule has 3 aliphatic rings. The molecular weight excluding hydrogens is 334 g/mol. The lowest BCUT2D eigenvalue weighted by molar-refractivity contribution is -0.136. The molecule has 1 aromatic rings. The number of nitrogens with one attached hydrogen (secondary N) is 2. The summed E-state index contributed by atoms with van der Waals surface area (Å²) in [5.41, 5.74) is 1.48. The van der Waals surface area contributed by atoms with E-state index in [0.717, 1.165) is 24.3 Å². The molecule has 2 N–H and O–H groups in total. The Balaban J connectivity index is 1.43. The molecule has 0 radical (unpaired) electrons. The fourth-order valence-electron chi connectivity index (χ4n) is 3.90. The van der Waals surface area contributed by atoms with E-state index in [1.807, 2.05) is 12.1 Å². The van der Waals surface area contributed by atoms with E-state index in [0.29, 0.717) is 31.2 Å². The van der Waals surface area contributed by atoms with E-state index >= 15 is 0 Å². The van der Waals surface area contributed by atoms with E-state index in [9.17, 15) is 14.4 Å². The van der Waals surface area contributed by atoms with Gasteiger partial charge in [-0.3, -0.25) is 19.7 Å². The summed E-state index contributed by atoms with van der Waals surface area (Å²) in [4.78, 5) is 37.6. The van der Waals surface area contributed by atoms with Gasteiger partial charge in [0.2, 0.25) is 11.8 Å². The van der Waals surface area contributed by atoms with Crippen LogP contribution in [-0.4, -0.2) is 47.9 Å². The van der Waals surface area contributed by atoms with Crippen molar-refractivity contribution in [1.82, 2.24) is 15.5 Å². The number of ether oxygens (including phenoxy) is 1. The van der Waals surface area contributed by atoms with Gasteiger partial charge in [-0.05, 0) is 49.6 Å². The monoisotopic (exact) mass is 357 g/mol. The maximum absolute atomic E-state index is 12.6. The fourth-order valence-corrected chi connectivity index (χ4v) is 3.90. The van der Waals surface area contributed by atoms with Gasteiger partial charge in [-0.15, -0.1) is 0 Å². The highest BCUT2D eigenvalue weighted by Crippen LogP contribution is 2.30. The molecular formula is C19H23N3O4. The van der Waals surface area contributed by atoms with Crippen LogP contribution in [0.2, 0.25) is 0 Å². The molecule has 0 saturated carbocycles. The normalized spacial score (nSPS) is 25.8. The lowest BCUT2D eigenvalue weighted by Crippen LogP contribution is -2.52. The first-order valence-corrected chi connectivity index (χ1v) is 9.25. The van der Waals surface area contributed by atoms with Crippen molar-refractivity contribution in [2.75, 3.05) is 13.2 Å². The topological polar surface area (TPSA) is 87.7 Å². The van der Waals surface area contributed by atoms with E-state index in [1.54, 1.807) is 11.0 Å². The third-order valence-corrected chi connectivity index (χ3v) is 5.36. The van der Waals surface area contributed by atoms with Crippen LogP contribution < -0.4 is 15.4 Å². The summed E-state index contributed by atoms with van der Waals surface area (Å²) in [6.45, 7) is 2.02. The summed E-state index contributed by atoms with van der Waals surface area (Å²) < 4.78 is 5.91. The molecule has 1 aromatic carbocycles. The molecule has 3 heterocycles. The molecule has 3 amide bonds. The molecule has 7 nitrogen and oxygen atoms in total. The van der Waals surface area contributed by atoms with Crippen LogP contribution in [0.5, 0.6) is 5.75 Å². The lowest BCUT2D eigenvalue weighted by atomic mass is 10.0. The number of hydrogen-bond acceptors (Lipinski definition) is 5. The second kappa shape index (κ2) is 7.07. The molecule has 2 fully saturated rings. The van der Waals surface area contributed by atoms with Crippen molar-refractivity contribution < 1.29 is 19.1 Å². The maximum Gasteiger partial charge on any atom is 0.255 e. The number of rotatable bonds is 4. The minimum Gasteiger partial charge on any atom is -0.492 e. The van der Waals surface area contributed by atoms with Crippen molar-refractivity contribution >= 4 is 17.7 Å². The number of hydrogen-bond donors (Lipinski definition) is 2. The Bertz CT molecular complexity index is 742. The predicted octanol–water partition coefficient (Wildman–Crippen LogP) is 0.968. The average Bonchev–Trinajstić information content (AvgIpc) is 2.97. The third kappa shape index (κ3) is 3.31. The van der Waals surface area contributed by atoms with Crippen molar-refractivity contribution in [3.8, 4) is 5.75 Å². The van der Waals surface area contributed by atoms with E-state index < -0.39 is 6.04 Å². The largest absolute Gasteiger partial charge is 0.492 e. The fraction of sp³-hybridized carbons (Fsp3) is 0.526. The van der Waals surface area contributed by atoms with Gasteiger partial charge in [0, 0.05) is 24.6 Å². The molecule has 2 unspecified atom stereocenters. The number of benzene rings is 1. The van der Waals surface area contributed by atoms with E-state index in [2.05, 4.69) is 10.6 Å². The molecule has 7 heteroatoms. The predicted molar refractivity (Wildman–Crippen MR) is 93.6 cm³/mol. The Labute approximate surface area is 152 Å². The molecule has 3 aliphatic heterocycles. The second-order valence-electron chi connectivity index (χ2n) is 7.18. The Morgan fingerprint density at radius 2 is 2.04 bits per heavy atom. The maximum atomic E-state index is 12.6. The molecule has 2 saturated heterocycles. The van der Waals surface area contributed by atoms with Gasteiger partial charge in [-0.2, -0.15) is 0 Å². The zero-order chi connectivity index (χ0) is 18.1. The first-order valence-electron chi connectivity index (χ1n) is 9.25. The Morgan fingerprint density at radius 3 is 2.81 bits per heavy atom. The van der Waals surface area contributed by atoms with Gasteiger partial charge in [0.25, 0.3) is 5.91 Å². The summed E-state index contributed by atoms with van der Waals surface area (Å²) >= 11 is 0. The van der Waals surface area contributed by atoms with Gasteiger partial charge in [0.05, 0.1) is 0 Å². The highest BCUT2D eigenvalue weighted by Gasteiger charge is 2.39. The first-order chi connectivity index (χ1) is 12.6. The van der Waals surface area contributed by atoms with E-state index in [-0.39, 0.29) is 24.1 Å². The minimum absolute atomic E-state index is 0.157. The van der Waals surface area contributed by atoms with Crippen LogP contribution in [0.25, 0.3) is 0 Å². The zero-order valence-corrected chi connectivity index (χ0v) is 14.6. The average molecular weight is 357 g/mol. The van der Waals surface area contributed by atoms with Gasteiger partial charge < -0.3 is 15.0 Å². The number of fused-ring (bicyclic) bond motifs is 1. The number of amides is 3. The zero-order valence-electron chi connectivity index (χ0n) is 14.6. The second-order valence-corrected chi connectivity index (χ2v) is 7.18. The molecule has 0 aliphatic carbocycles. The number of nitrogens with zero attached hydrogens (tertiary/aromatic N) is 1. The van der Waals surface area contributed by atoms with Crippen LogP contribution in [0, 0.1) is 0 Å². The standard InChI is InChI=1S/C19H23N3O4/c23-17-7-6-16(18(24)21-17)22-10-12-9-14(4-5-15(12)19(22)25)26-11-13-3-1-2-8-20-13/h4-5,9,13,16,20H,1-3,6-8,10-11H2,(H,21,23,24). The van der Waals surface area contributed by atoms with Crippen LogP contribution in [0.3, 0.4) is 0 Å². The summed E-state index contributed by atoms with van der Waals surface area (Å²) in [5.74, 6) is -0.0753. The van der Waals surface area contributed by atoms with Crippen molar-refractivity contribution in [3.05, 3.63) is 29.3 Å². The van der Waals surface area contributed by atoms with Crippen molar-refractivity contribution in [2.45, 2.75) is 50.7 Å². The van der Waals surface area contributed by atoms with Crippen molar-refractivity contribution in [3.63, 3.8) is 0 Å². The van der Waals surface area contributed by atoms with Gasteiger partial charge in [0.15, 0.2) is 0 Å². The van der Waals surface area contributed by atoms with Gasteiger partial charge in [-0.1, -0.05) is 6.42 Å². The molecule has 0 spiro atoms. The molecule has 138 valence electrons. The van der Waals surface area contributed by atoms with Gasteiger partial charge in [0.1, 0.15) is 18.4 Å². The summed E-state index contributed by atoms with van der Waals surface area (Å²) in [5, 5.41) is 5.77. The first kappa shape index (κ1) is 17.0. The Morgan fingerprint density at radius 1 is 1.15 bits per heavy atom. The quantitative estimate of drug-likeness (QED) is 0.784. The Hall–Kier alpha value is -2.41. The van der Waals surface area contributed by atoms with Crippen LogP contribution >= 0.6 is 0 Å². The highest BCUT2D eigenvalue weighted by molar-refractivity contribution is 6.05. The summed E-state index contributed by atoms with van der Waals surface area (Å²) in [6.07, 6.45) is 4.20. The molecule has 0 bridgehead atoms. The number of piperidine rings is 2. The number of carbonyl (C=O) groups is 3. The summed E-state index contributed by atoms with van der Waals surface area (Å²) in [6, 6.07) is 5.27. The van der Waals surface area contributed by atoms with E-state index in [4.69, 9.17) is 4.74 Å². The van der Waals surface area contributed by atoms with E-state index in [1.165, 1.54) is 12.8 Å². The lowest BCUT2D eigenvalue weighted by Gasteiger charge is -2.29. The van der Waals surface area contributed by atoms with Gasteiger partial charge >= 0.3 is 0 Å². The smallest absolute Gasteiger partial charge is 0.255 e. The van der Waals surface area contributed by atoms with Crippen molar-refractivity contribution in [2.24, 2.45) is 0 Å². The number of imide groups is 1. The SMILES string of the molecule is O=C1CCC(N2Cc3cc(OCC4CCCCN4)ccc3C2=O)C(=O)N1.